The summed E-state index contributed by atoms with van der Waals surface area (Å²) in [7, 11) is 0. The van der Waals surface area contributed by atoms with Crippen molar-refractivity contribution in [3.63, 3.8) is 0 Å². The van der Waals surface area contributed by atoms with Gasteiger partial charge in [0.15, 0.2) is 5.11 Å². The van der Waals surface area contributed by atoms with Gasteiger partial charge in [-0.2, -0.15) is 5.10 Å². The summed E-state index contributed by atoms with van der Waals surface area (Å²) in [6.07, 6.45) is 1.72. The molecule has 1 rings (SSSR count). The van der Waals surface area contributed by atoms with Crippen LogP contribution in [0.3, 0.4) is 0 Å². The van der Waals surface area contributed by atoms with Crippen LogP contribution in [-0.2, 0) is 4.79 Å². The minimum atomic E-state index is -0.891. The van der Waals surface area contributed by atoms with E-state index >= 15 is 0 Å². The van der Waals surface area contributed by atoms with Gasteiger partial charge in [0, 0.05) is 12.6 Å². The summed E-state index contributed by atoms with van der Waals surface area (Å²) >= 11 is 4.56. The summed E-state index contributed by atoms with van der Waals surface area (Å²) < 4.78 is 0. The van der Waals surface area contributed by atoms with Crippen LogP contribution in [0.25, 0.3) is 0 Å². The van der Waals surface area contributed by atoms with Crippen LogP contribution in [0, 0.1) is 0 Å². The highest BCUT2D eigenvalue weighted by molar-refractivity contribution is 7.80. The Morgan fingerprint density at radius 1 is 1.53 bits per heavy atom. The van der Waals surface area contributed by atoms with Crippen LogP contribution in [0.15, 0.2) is 35.4 Å². The van der Waals surface area contributed by atoms with Crippen molar-refractivity contribution in [1.82, 2.24) is 5.43 Å². The summed E-state index contributed by atoms with van der Waals surface area (Å²) in [5.41, 5.74) is 8.29. The molecule has 1 unspecified atom stereocenters. The Kier molecular flexibility index (Phi) is 5.09. The predicted molar refractivity (Wildman–Crippen MR) is 69.8 cm³/mol. The molecule has 0 aromatic heterocycles. The first-order valence-corrected chi connectivity index (χ1v) is 5.37. The number of rotatable bonds is 5. The Morgan fingerprint density at radius 2 is 2.18 bits per heavy atom. The molecule has 6 heteroatoms. The quantitative estimate of drug-likeness (QED) is 0.414. The SMILES string of the molecule is NC(=S)N/N=C/CC(C(=O)O)c1ccccc1. The summed E-state index contributed by atoms with van der Waals surface area (Å²) in [4.78, 5) is 11.1. The maximum Gasteiger partial charge on any atom is 0.311 e. The molecule has 0 heterocycles. The van der Waals surface area contributed by atoms with Gasteiger partial charge in [-0.25, -0.2) is 0 Å². The molecule has 17 heavy (non-hydrogen) atoms. The van der Waals surface area contributed by atoms with Crippen molar-refractivity contribution in [2.45, 2.75) is 12.3 Å². The highest BCUT2D eigenvalue weighted by atomic mass is 32.1. The third-order valence-electron chi connectivity index (χ3n) is 2.11. The molecule has 0 spiro atoms. The van der Waals surface area contributed by atoms with Crippen LogP contribution in [0.5, 0.6) is 0 Å². The van der Waals surface area contributed by atoms with Crippen molar-refractivity contribution >= 4 is 29.5 Å². The number of thiocarbonyl (C=S) groups is 1. The van der Waals surface area contributed by atoms with Crippen molar-refractivity contribution < 1.29 is 9.90 Å². The zero-order valence-electron chi connectivity index (χ0n) is 9.04. The largest absolute Gasteiger partial charge is 0.481 e. The zero-order valence-corrected chi connectivity index (χ0v) is 9.85. The smallest absolute Gasteiger partial charge is 0.311 e. The second-order valence-corrected chi connectivity index (χ2v) is 3.76. The third-order valence-corrected chi connectivity index (χ3v) is 2.20. The minimum Gasteiger partial charge on any atom is -0.481 e. The Labute approximate surface area is 104 Å². The minimum absolute atomic E-state index is 0.0489. The number of carboxylic acid groups (broad SMARTS) is 1. The molecule has 0 aliphatic carbocycles. The van der Waals surface area contributed by atoms with E-state index < -0.39 is 11.9 Å². The maximum absolute atomic E-state index is 11.1. The number of carboxylic acids is 1. The predicted octanol–water partition coefficient (Wildman–Crippen LogP) is 1.06. The van der Waals surface area contributed by atoms with Crippen molar-refractivity contribution in [3.8, 4) is 0 Å². The van der Waals surface area contributed by atoms with E-state index in [0.717, 1.165) is 5.56 Å². The van der Waals surface area contributed by atoms with Crippen molar-refractivity contribution in [2.24, 2.45) is 10.8 Å². The maximum atomic E-state index is 11.1. The van der Waals surface area contributed by atoms with Gasteiger partial charge in [0.05, 0.1) is 5.92 Å². The molecule has 5 nitrogen and oxygen atoms in total. The van der Waals surface area contributed by atoms with Crippen LogP contribution in [0.4, 0.5) is 0 Å². The lowest BCUT2D eigenvalue weighted by atomic mass is 9.97. The fourth-order valence-corrected chi connectivity index (χ4v) is 1.38. The topological polar surface area (TPSA) is 87.7 Å². The molecule has 0 aliphatic heterocycles. The molecule has 0 bridgehead atoms. The van der Waals surface area contributed by atoms with Crippen molar-refractivity contribution in [3.05, 3.63) is 35.9 Å². The molecule has 1 aromatic carbocycles. The number of nitrogens with two attached hydrogens (primary N) is 1. The molecule has 4 N–H and O–H groups in total. The van der Waals surface area contributed by atoms with Crippen LogP contribution in [0.1, 0.15) is 17.9 Å². The second-order valence-electron chi connectivity index (χ2n) is 3.32. The number of hydrogen-bond acceptors (Lipinski definition) is 3. The average molecular weight is 251 g/mol. The standard InChI is InChI=1S/C11H13N3O2S/c12-11(17)14-13-7-6-9(10(15)16)8-4-2-1-3-5-8/h1-5,7,9H,6H2,(H,15,16)(H3,12,14,17)/b13-7+. The van der Waals surface area contributed by atoms with Gasteiger partial charge in [0.1, 0.15) is 0 Å². The highest BCUT2D eigenvalue weighted by Crippen LogP contribution is 2.18. The van der Waals surface area contributed by atoms with E-state index in [1.807, 2.05) is 6.07 Å². The molecule has 0 saturated heterocycles. The number of carbonyl (C=O) groups is 1. The van der Waals surface area contributed by atoms with E-state index in [1.165, 1.54) is 6.21 Å². The molecular weight excluding hydrogens is 238 g/mol. The fraction of sp³-hybridized carbons (Fsp3) is 0.182. The van der Waals surface area contributed by atoms with Gasteiger partial charge in [-0.3, -0.25) is 10.2 Å². The molecule has 0 aliphatic rings. The van der Waals surface area contributed by atoms with E-state index in [2.05, 4.69) is 22.7 Å². The van der Waals surface area contributed by atoms with Gasteiger partial charge in [0.2, 0.25) is 0 Å². The fourth-order valence-electron chi connectivity index (χ4n) is 1.33. The van der Waals surface area contributed by atoms with Crippen LogP contribution in [0.2, 0.25) is 0 Å². The Hall–Kier alpha value is -1.95. The molecule has 0 fully saturated rings. The first-order chi connectivity index (χ1) is 8.11. The van der Waals surface area contributed by atoms with Gasteiger partial charge < -0.3 is 10.8 Å². The summed E-state index contributed by atoms with van der Waals surface area (Å²) in [5.74, 6) is -1.51. The molecular formula is C11H13N3O2S. The van der Waals surface area contributed by atoms with Gasteiger partial charge in [-0.1, -0.05) is 30.3 Å². The Balaban J connectivity index is 2.65. The third kappa shape index (κ3) is 4.60. The molecule has 0 amide bonds. The Bertz CT molecular complexity index is 420. The number of nitrogens with one attached hydrogen (secondary N) is 1. The molecule has 90 valence electrons. The summed E-state index contributed by atoms with van der Waals surface area (Å²) in [6.45, 7) is 0. The van der Waals surface area contributed by atoms with E-state index in [0.29, 0.717) is 0 Å². The van der Waals surface area contributed by atoms with E-state index in [9.17, 15) is 4.79 Å². The molecule has 0 radical (unpaired) electrons. The number of benzene rings is 1. The lowest BCUT2D eigenvalue weighted by molar-refractivity contribution is -0.138. The van der Waals surface area contributed by atoms with Crippen LogP contribution in [-0.4, -0.2) is 22.4 Å². The Morgan fingerprint density at radius 3 is 2.71 bits per heavy atom. The number of aliphatic carboxylic acids is 1. The van der Waals surface area contributed by atoms with E-state index in [1.54, 1.807) is 24.3 Å². The zero-order chi connectivity index (χ0) is 12.7. The van der Waals surface area contributed by atoms with Crippen LogP contribution < -0.4 is 11.2 Å². The molecule has 0 saturated carbocycles. The lowest BCUT2D eigenvalue weighted by Crippen LogP contribution is -2.24. The summed E-state index contributed by atoms with van der Waals surface area (Å²) in [5, 5.41) is 12.9. The second kappa shape index (κ2) is 6.59. The van der Waals surface area contributed by atoms with E-state index in [-0.39, 0.29) is 11.5 Å². The molecule has 1 aromatic rings. The van der Waals surface area contributed by atoms with Gasteiger partial charge in [0.25, 0.3) is 0 Å². The van der Waals surface area contributed by atoms with Gasteiger partial charge in [-0.05, 0) is 17.8 Å². The van der Waals surface area contributed by atoms with Gasteiger partial charge >= 0.3 is 5.97 Å². The first kappa shape index (κ1) is 13.1. The number of hydrazone groups is 1. The normalized spacial score (nSPS) is 12.2. The highest BCUT2D eigenvalue weighted by Gasteiger charge is 2.17. The summed E-state index contributed by atoms with van der Waals surface area (Å²) in [6, 6.07) is 8.98. The average Bonchev–Trinajstić information content (AvgIpc) is 2.29. The molecule has 1 atom stereocenters. The number of hydrogen-bond donors (Lipinski definition) is 3. The number of nitrogens with zero attached hydrogens (tertiary/aromatic N) is 1. The van der Waals surface area contributed by atoms with Crippen molar-refractivity contribution in [2.75, 3.05) is 0 Å². The van der Waals surface area contributed by atoms with Crippen molar-refractivity contribution in [1.29, 1.82) is 0 Å². The monoisotopic (exact) mass is 251 g/mol. The lowest BCUT2D eigenvalue weighted by Gasteiger charge is -2.09. The van der Waals surface area contributed by atoms with E-state index in [4.69, 9.17) is 10.8 Å². The van der Waals surface area contributed by atoms with Crippen LogP contribution >= 0.6 is 12.2 Å². The first-order valence-electron chi connectivity index (χ1n) is 4.96. The van der Waals surface area contributed by atoms with Gasteiger partial charge in [-0.15, -0.1) is 0 Å².